The fourth-order valence-corrected chi connectivity index (χ4v) is 3.94. The third kappa shape index (κ3) is 1.68. The van der Waals surface area contributed by atoms with Crippen molar-refractivity contribution in [2.24, 2.45) is 7.05 Å². The minimum Gasteiger partial charge on any atom is -0.326 e. The summed E-state index contributed by atoms with van der Waals surface area (Å²) in [4.78, 5) is 15.2. The van der Waals surface area contributed by atoms with Crippen molar-refractivity contribution in [1.82, 2.24) is 19.5 Å². The summed E-state index contributed by atoms with van der Waals surface area (Å²) in [6, 6.07) is 12.2. The number of rotatable bonds is 1. The van der Waals surface area contributed by atoms with E-state index in [1.54, 1.807) is 11.3 Å². The Morgan fingerprint density at radius 3 is 2.35 bits per heavy atom. The van der Waals surface area contributed by atoms with Crippen molar-refractivity contribution in [2.75, 3.05) is 0 Å². The lowest BCUT2D eigenvalue weighted by atomic mass is 10.1. The van der Waals surface area contributed by atoms with Gasteiger partial charge < -0.3 is 4.57 Å². The molecule has 0 amide bonds. The highest BCUT2D eigenvalue weighted by atomic mass is 32.1. The Morgan fingerprint density at radius 1 is 0.870 bits per heavy atom. The van der Waals surface area contributed by atoms with E-state index in [1.165, 1.54) is 0 Å². The quantitative estimate of drug-likeness (QED) is 0.431. The lowest BCUT2D eigenvalue weighted by molar-refractivity contribution is 0.966. The second kappa shape index (κ2) is 4.60. The number of nitrogens with zero attached hydrogens (tertiary/aromatic N) is 4. The zero-order chi connectivity index (χ0) is 15.4. The third-order valence-electron chi connectivity index (χ3n) is 4.19. The second-order valence-corrected chi connectivity index (χ2v) is 6.42. The molecule has 5 aromatic rings. The van der Waals surface area contributed by atoms with Crippen molar-refractivity contribution in [2.45, 2.75) is 0 Å². The molecule has 0 bridgehead atoms. The number of aryl methyl sites for hydroxylation is 1. The maximum atomic E-state index is 4.94. The van der Waals surface area contributed by atoms with Crippen LogP contribution in [0.3, 0.4) is 0 Å². The molecule has 0 saturated carbocycles. The Hall–Kier alpha value is -2.79. The van der Waals surface area contributed by atoms with Crippen molar-refractivity contribution in [3.8, 4) is 10.7 Å². The molecule has 4 nitrogen and oxygen atoms in total. The van der Waals surface area contributed by atoms with Crippen LogP contribution in [0.15, 0.2) is 54.2 Å². The van der Waals surface area contributed by atoms with Gasteiger partial charge >= 0.3 is 0 Å². The molecule has 0 spiro atoms. The molecule has 4 aromatic heterocycles. The fourth-order valence-electron chi connectivity index (χ4n) is 3.19. The van der Waals surface area contributed by atoms with E-state index in [0.717, 1.165) is 43.5 Å². The predicted molar refractivity (Wildman–Crippen MR) is 94.6 cm³/mol. The molecular weight excluding hydrogens is 304 g/mol. The van der Waals surface area contributed by atoms with Gasteiger partial charge in [0.1, 0.15) is 0 Å². The van der Waals surface area contributed by atoms with Gasteiger partial charge in [-0.2, -0.15) is 0 Å². The highest BCUT2D eigenvalue weighted by molar-refractivity contribution is 7.13. The number of fused-ring (bicyclic) bond motifs is 6. The molecule has 110 valence electrons. The second-order valence-electron chi connectivity index (χ2n) is 5.47. The van der Waals surface area contributed by atoms with Crippen LogP contribution in [0, 0.1) is 0 Å². The number of thiophene rings is 1. The van der Waals surface area contributed by atoms with Crippen molar-refractivity contribution in [3.05, 3.63) is 54.2 Å². The fraction of sp³-hybridized carbons (Fsp3) is 0.0556. The van der Waals surface area contributed by atoms with E-state index in [1.807, 2.05) is 24.5 Å². The van der Waals surface area contributed by atoms with Crippen molar-refractivity contribution >= 4 is 44.2 Å². The van der Waals surface area contributed by atoms with Gasteiger partial charge in [-0.1, -0.05) is 6.07 Å². The van der Waals surface area contributed by atoms with E-state index in [0.29, 0.717) is 0 Å². The molecule has 0 N–H and O–H groups in total. The average Bonchev–Trinajstić information content (AvgIpc) is 3.23. The Kier molecular flexibility index (Phi) is 2.55. The van der Waals surface area contributed by atoms with Crippen molar-refractivity contribution in [3.63, 3.8) is 0 Å². The Bertz CT molecular complexity index is 1170. The first-order valence-corrected chi connectivity index (χ1v) is 8.24. The number of aromatic nitrogens is 4. The standard InChI is InChI=1S/C18H12N4S/c1-22-17-12-6-3-9-20-15(12)14-11(5-2-8-19-14)16(17)21-18(22)13-7-4-10-23-13/h2-10H,1H3. The summed E-state index contributed by atoms with van der Waals surface area (Å²) >= 11 is 1.70. The first-order valence-electron chi connectivity index (χ1n) is 7.36. The Labute approximate surface area is 136 Å². The minimum absolute atomic E-state index is 0.909. The van der Waals surface area contributed by atoms with Crippen molar-refractivity contribution < 1.29 is 0 Å². The molecule has 1 aromatic carbocycles. The number of pyridine rings is 2. The zero-order valence-electron chi connectivity index (χ0n) is 12.4. The molecule has 0 aliphatic heterocycles. The van der Waals surface area contributed by atoms with E-state index in [-0.39, 0.29) is 0 Å². The smallest absolute Gasteiger partial charge is 0.151 e. The molecule has 23 heavy (non-hydrogen) atoms. The van der Waals surface area contributed by atoms with Crippen LogP contribution in [-0.2, 0) is 7.05 Å². The van der Waals surface area contributed by atoms with Crippen LogP contribution in [0.2, 0.25) is 0 Å². The average molecular weight is 316 g/mol. The van der Waals surface area contributed by atoms with E-state index >= 15 is 0 Å². The maximum absolute atomic E-state index is 4.94. The van der Waals surface area contributed by atoms with Gasteiger partial charge in [-0.3, -0.25) is 9.97 Å². The van der Waals surface area contributed by atoms with Gasteiger partial charge in [0.05, 0.1) is 26.9 Å². The summed E-state index contributed by atoms with van der Waals surface area (Å²) in [7, 11) is 2.07. The Balaban J connectivity index is 2.08. The van der Waals surface area contributed by atoms with Crippen LogP contribution in [0.5, 0.6) is 0 Å². The minimum atomic E-state index is 0.909. The largest absolute Gasteiger partial charge is 0.326 e. The van der Waals surface area contributed by atoms with Gasteiger partial charge in [-0.05, 0) is 35.7 Å². The number of imidazole rings is 1. The van der Waals surface area contributed by atoms with E-state index in [9.17, 15) is 0 Å². The van der Waals surface area contributed by atoms with Gasteiger partial charge in [0.25, 0.3) is 0 Å². The molecule has 0 saturated heterocycles. The predicted octanol–water partition coefficient (Wildman–Crippen LogP) is 4.40. The molecular formula is C18H12N4S. The number of hydrogen-bond acceptors (Lipinski definition) is 4. The van der Waals surface area contributed by atoms with Crippen LogP contribution < -0.4 is 0 Å². The molecule has 0 aliphatic rings. The van der Waals surface area contributed by atoms with Gasteiger partial charge in [0.15, 0.2) is 5.82 Å². The van der Waals surface area contributed by atoms with E-state index in [4.69, 9.17) is 4.98 Å². The molecule has 0 fully saturated rings. The van der Waals surface area contributed by atoms with Crippen LogP contribution >= 0.6 is 11.3 Å². The summed E-state index contributed by atoms with van der Waals surface area (Å²) in [6.07, 6.45) is 3.63. The molecule has 5 heteroatoms. The van der Waals surface area contributed by atoms with Gasteiger partial charge in [0, 0.05) is 30.2 Å². The van der Waals surface area contributed by atoms with Gasteiger partial charge in [-0.25, -0.2) is 4.98 Å². The lowest BCUT2D eigenvalue weighted by Gasteiger charge is -2.06. The normalized spacial score (nSPS) is 11.7. The van der Waals surface area contributed by atoms with E-state index < -0.39 is 0 Å². The van der Waals surface area contributed by atoms with Crippen LogP contribution in [0.25, 0.3) is 43.5 Å². The topological polar surface area (TPSA) is 43.6 Å². The molecule has 0 aliphatic carbocycles. The number of hydrogen-bond donors (Lipinski definition) is 0. The van der Waals surface area contributed by atoms with Gasteiger partial charge in [-0.15, -0.1) is 11.3 Å². The molecule has 0 radical (unpaired) electrons. The molecule has 4 heterocycles. The molecule has 5 rings (SSSR count). The molecule has 0 atom stereocenters. The highest BCUT2D eigenvalue weighted by Crippen LogP contribution is 2.35. The summed E-state index contributed by atoms with van der Waals surface area (Å²) in [5.74, 6) is 0.983. The molecule has 0 unspecified atom stereocenters. The highest BCUT2D eigenvalue weighted by Gasteiger charge is 2.17. The monoisotopic (exact) mass is 316 g/mol. The van der Waals surface area contributed by atoms with Gasteiger partial charge in [0.2, 0.25) is 0 Å². The first-order chi connectivity index (χ1) is 11.3. The van der Waals surface area contributed by atoms with Crippen LogP contribution in [0.1, 0.15) is 0 Å². The zero-order valence-corrected chi connectivity index (χ0v) is 13.2. The number of benzene rings is 1. The summed E-state index contributed by atoms with van der Waals surface area (Å²) in [5.41, 5.74) is 3.93. The third-order valence-corrected chi connectivity index (χ3v) is 5.05. The maximum Gasteiger partial charge on any atom is 0.151 e. The first kappa shape index (κ1) is 12.7. The van der Waals surface area contributed by atoms with Crippen LogP contribution in [-0.4, -0.2) is 19.5 Å². The SMILES string of the molecule is Cn1c(-c2cccs2)nc2c3cccnc3c3ncccc3c21. The van der Waals surface area contributed by atoms with E-state index in [2.05, 4.69) is 51.2 Å². The van der Waals surface area contributed by atoms with Crippen LogP contribution in [0.4, 0.5) is 0 Å². The van der Waals surface area contributed by atoms with Crippen molar-refractivity contribution in [1.29, 1.82) is 0 Å². The summed E-state index contributed by atoms with van der Waals surface area (Å²) in [6.45, 7) is 0. The summed E-state index contributed by atoms with van der Waals surface area (Å²) < 4.78 is 2.16. The Morgan fingerprint density at radius 2 is 1.61 bits per heavy atom. The lowest BCUT2D eigenvalue weighted by Crippen LogP contribution is -1.93. The summed E-state index contributed by atoms with van der Waals surface area (Å²) in [5, 5.41) is 4.21.